The molecule has 7 heteroatoms. The summed E-state index contributed by atoms with van der Waals surface area (Å²) in [6.45, 7) is 3.88. The fourth-order valence-corrected chi connectivity index (χ4v) is 2.03. The number of carbonyl (C=O) groups excluding carboxylic acids is 2. The lowest BCUT2D eigenvalue weighted by molar-refractivity contribution is -0.119. The van der Waals surface area contributed by atoms with Crippen LogP contribution >= 0.6 is 0 Å². The van der Waals surface area contributed by atoms with Crippen LogP contribution in [0, 0.1) is 0 Å². The summed E-state index contributed by atoms with van der Waals surface area (Å²) < 4.78 is 5.51. The second kappa shape index (κ2) is 6.01. The minimum Gasteiger partial charge on any atom is -0.489 e. The van der Waals surface area contributed by atoms with Crippen LogP contribution in [-0.4, -0.2) is 37.7 Å². The molecule has 1 heterocycles. The standard InChI is InChI=1S/C14H20N4O3/c1-8(2)16-14(20)17-9-4-5-12-11(6-9)18(3)13(19)10(15)7-21-12/h4-6,8,10H,7,15H2,1-3H3,(H2,16,17,20)/t10-/m0/s1. The van der Waals surface area contributed by atoms with Gasteiger partial charge in [0.15, 0.2) is 0 Å². The number of carbonyl (C=O) groups is 2. The Hall–Kier alpha value is -2.28. The number of benzene rings is 1. The molecule has 1 aliphatic rings. The smallest absolute Gasteiger partial charge is 0.319 e. The summed E-state index contributed by atoms with van der Waals surface area (Å²) >= 11 is 0. The number of amides is 3. The summed E-state index contributed by atoms with van der Waals surface area (Å²) in [6, 6.07) is 4.16. The molecule has 0 saturated heterocycles. The van der Waals surface area contributed by atoms with Crippen LogP contribution in [0.25, 0.3) is 0 Å². The number of ether oxygens (including phenoxy) is 1. The zero-order chi connectivity index (χ0) is 15.6. The molecule has 0 radical (unpaired) electrons. The zero-order valence-electron chi connectivity index (χ0n) is 12.3. The van der Waals surface area contributed by atoms with Crippen molar-refractivity contribution in [2.24, 2.45) is 5.73 Å². The molecule has 7 nitrogen and oxygen atoms in total. The third-order valence-electron chi connectivity index (χ3n) is 3.06. The van der Waals surface area contributed by atoms with E-state index in [-0.39, 0.29) is 24.6 Å². The molecule has 0 aliphatic carbocycles. The Balaban J connectivity index is 2.22. The number of fused-ring (bicyclic) bond motifs is 1. The second-order valence-electron chi connectivity index (χ2n) is 5.25. The lowest BCUT2D eigenvalue weighted by Gasteiger charge is -2.19. The van der Waals surface area contributed by atoms with Crippen LogP contribution in [0.4, 0.5) is 16.2 Å². The Morgan fingerprint density at radius 3 is 2.86 bits per heavy atom. The molecule has 0 spiro atoms. The number of hydrogen-bond acceptors (Lipinski definition) is 4. The lowest BCUT2D eigenvalue weighted by Crippen LogP contribution is -2.43. The van der Waals surface area contributed by atoms with Crippen molar-refractivity contribution in [1.82, 2.24) is 5.32 Å². The van der Waals surface area contributed by atoms with E-state index in [0.717, 1.165) is 0 Å². The highest BCUT2D eigenvalue weighted by molar-refractivity contribution is 6.00. The van der Waals surface area contributed by atoms with E-state index in [4.69, 9.17) is 10.5 Å². The predicted molar refractivity (Wildman–Crippen MR) is 80.6 cm³/mol. The Bertz CT molecular complexity index is 559. The fourth-order valence-electron chi connectivity index (χ4n) is 2.03. The van der Waals surface area contributed by atoms with Gasteiger partial charge in [-0.2, -0.15) is 0 Å². The second-order valence-corrected chi connectivity index (χ2v) is 5.25. The van der Waals surface area contributed by atoms with Crippen LogP contribution in [0.1, 0.15) is 13.8 Å². The molecule has 1 aromatic rings. The normalized spacial score (nSPS) is 17.9. The van der Waals surface area contributed by atoms with E-state index >= 15 is 0 Å². The van der Waals surface area contributed by atoms with Crippen molar-refractivity contribution >= 4 is 23.3 Å². The number of anilines is 2. The maximum atomic E-state index is 12.0. The van der Waals surface area contributed by atoms with Gasteiger partial charge in [0.25, 0.3) is 0 Å². The van der Waals surface area contributed by atoms with Gasteiger partial charge in [0.2, 0.25) is 5.91 Å². The first-order chi connectivity index (χ1) is 9.88. The van der Waals surface area contributed by atoms with Crippen LogP contribution < -0.4 is 26.0 Å². The minimum absolute atomic E-state index is 0.0383. The highest BCUT2D eigenvalue weighted by Crippen LogP contribution is 2.33. The molecule has 2 rings (SSSR count). The van der Waals surface area contributed by atoms with Crippen molar-refractivity contribution in [3.8, 4) is 5.75 Å². The van der Waals surface area contributed by atoms with Gasteiger partial charge >= 0.3 is 6.03 Å². The molecule has 0 aromatic heterocycles. The van der Waals surface area contributed by atoms with Crippen LogP contribution in [-0.2, 0) is 4.79 Å². The van der Waals surface area contributed by atoms with E-state index in [2.05, 4.69) is 10.6 Å². The van der Waals surface area contributed by atoms with Gasteiger partial charge in [-0.1, -0.05) is 0 Å². The number of urea groups is 1. The molecule has 21 heavy (non-hydrogen) atoms. The predicted octanol–water partition coefficient (Wildman–Crippen LogP) is 0.899. The third-order valence-corrected chi connectivity index (χ3v) is 3.06. The molecule has 0 saturated carbocycles. The Morgan fingerprint density at radius 1 is 1.48 bits per heavy atom. The highest BCUT2D eigenvalue weighted by Gasteiger charge is 2.26. The lowest BCUT2D eigenvalue weighted by atomic mass is 10.2. The molecule has 0 fully saturated rings. The molecule has 1 aliphatic heterocycles. The van der Waals surface area contributed by atoms with E-state index in [9.17, 15) is 9.59 Å². The number of nitrogens with one attached hydrogen (secondary N) is 2. The first-order valence-electron chi connectivity index (χ1n) is 6.76. The molecule has 1 atom stereocenters. The van der Waals surface area contributed by atoms with Gasteiger partial charge in [0, 0.05) is 18.8 Å². The number of nitrogens with two attached hydrogens (primary N) is 1. The Kier molecular flexibility index (Phi) is 4.32. The maximum absolute atomic E-state index is 12.0. The van der Waals surface area contributed by atoms with Gasteiger partial charge in [-0.25, -0.2) is 4.79 Å². The molecule has 0 bridgehead atoms. The number of likely N-dealkylation sites (N-methyl/N-ethyl adjacent to an activating group) is 1. The van der Waals surface area contributed by atoms with Crippen molar-refractivity contribution in [2.75, 3.05) is 23.9 Å². The molecule has 1 aromatic carbocycles. The van der Waals surface area contributed by atoms with E-state index in [1.165, 1.54) is 4.90 Å². The third kappa shape index (κ3) is 3.43. The van der Waals surface area contributed by atoms with Crippen molar-refractivity contribution in [3.05, 3.63) is 18.2 Å². The Morgan fingerprint density at radius 2 is 2.19 bits per heavy atom. The van der Waals surface area contributed by atoms with E-state index in [1.807, 2.05) is 13.8 Å². The first kappa shape index (κ1) is 15.1. The minimum atomic E-state index is -0.692. The number of hydrogen-bond donors (Lipinski definition) is 3. The summed E-state index contributed by atoms with van der Waals surface area (Å²) in [6.07, 6.45) is 0. The summed E-state index contributed by atoms with van der Waals surface area (Å²) in [4.78, 5) is 25.2. The van der Waals surface area contributed by atoms with E-state index in [1.54, 1.807) is 25.2 Å². The molecule has 0 unspecified atom stereocenters. The molecule has 4 N–H and O–H groups in total. The summed E-state index contributed by atoms with van der Waals surface area (Å²) in [7, 11) is 1.63. The SMILES string of the molecule is CC(C)NC(=O)Nc1ccc2c(c1)N(C)C(=O)[C@@H](N)CO2. The Labute approximate surface area is 123 Å². The van der Waals surface area contributed by atoms with Gasteiger partial charge in [-0.05, 0) is 32.0 Å². The zero-order valence-corrected chi connectivity index (χ0v) is 12.3. The van der Waals surface area contributed by atoms with Crippen molar-refractivity contribution in [1.29, 1.82) is 0 Å². The van der Waals surface area contributed by atoms with Gasteiger partial charge < -0.3 is 26.0 Å². The summed E-state index contributed by atoms with van der Waals surface area (Å²) in [5, 5.41) is 5.44. The van der Waals surface area contributed by atoms with Gasteiger partial charge in [0.1, 0.15) is 18.4 Å². The fraction of sp³-hybridized carbons (Fsp3) is 0.429. The van der Waals surface area contributed by atoms with Crippen LogP contribution in [0.5, 0.6) is 5.75 Å². The molecule has 114 valence electrons. The van der Waals surface area contributed by atoms with E-state index in [0.29, 0.717) is 17.1 Å². The van der Waals surface area contributed by atoms with Gasteiger partial charge in [0.05, 0.1) is 5.69 Å². The first-order valence-corrected chi connectivity index (χ1v) is 6.76. The number of rotatable bonds is 2. The monoisotopic (exact) mass is 292 g/mol. The number of nitrogens with zero attached hydrogens (tertiary/aromatic N) is 1. The van der Waals surface area contributed by atoms with Crippen LogP contribution in [0.15, 0.2) is 18.2 Å². The van der Waals surface area contributed by atoms with Crippen molar-refractivity contribution < 1.29 is 14.3 Å². The van der Waals surface area contributed by atoms with E-state index < -0.39 is 6.04 Å². The quantitative estimate of drug-likeness (QED) is 0.754. The van der Waals surface area contributed by atoms with Gasteiger partial charge in [-0.3, -0.25) is 4.79 Å². The largest absolute Gasteiger partial charge is 0.489 e. The topological polar surface area (TPSA) is 96.7 Å². The molecular formula is C14H20N4O3. The highest BCUT2D eigenvalue weighted by atomic mass is 16.5. The van der Waals surface area contributed by atoms with Crippen molar-refractivity contribution in [2.45, 2.75) is 25.9 Å². The average molecular weight is 292 g/mol. The molecule has 3 amide bonds. The summed E-state index contributed by atoms with van der Waals surface area (Å²) in [5.74, 6) is 0.339. The van der Waals surface area contributed by atoms with Crippen molar-refractivity contribution in [3.63, 3.8) is 0 Å². The maximum Gasteiger partial charge on any atom is 0.319 e. The van der Waals surface area contributed by atoms with Crippen LogP contribution in [0.3, 0.4) is 0 Å². The van der Waals surface area contributed by atoms with Gasteiger partial charge in [-0.15, -0.1) is 0 Å². The summed E-state index contributed by atoms with van der Waals surface area (Å²) in [5.41, 5.74) is 6.88. The molecular weight excluding hydrogens is 272 g/mol. The average Bonchev–Trinajstić information content (AvgIpc) is 2.51. The van der Waals surface area contributed by atoms with Crippen LogP contribution in [0.2, 0.25) is 0 Å².